The Balaban J connectivity index is 1.94. The Hall–Kier alpha value is -2.94. The molecule has 1 aliphatic carbocycles. The topological polar surface area (TPSA) is 50.2 Å². The van der Waals surface area contributed by atoms with E-state index in [1.165, 1.54) is 0 Å². The third kappa shape index (κ3) is 2.29. The van der Waals surface area contributed by atoms with Gasteiger partial charge >= 0.3 is 5.97 Å². The van der Waals surface area contributed by atoms with E-state index in [0.29, 0.717) is 0 Å². The molecule has 1 N–H and O–H groups in total. The fraction of sp³-hybridized carbons (Fsp3) is 0.143. The van der Waals surface area contributed by atoms with Crippen molar-refractivity contribution in [3.63, 3.8) is 0 Å². The molecule has 3 unspecified atom stereocenters. The predicted molar refractivity (Wildman–Crippen MR) is 91.9 cm³/mol. The molecule has 1 aromatic heterocycles. The van der Waals surface area contributed by atoms with Gasteiger partial charge in [-0.25, -0.2) is 0 Å². The summed E-state index contributed by atoms with van der Waals surface area (Å²) in [5.41, 5.74) is 3.93. The van der Waals surface area contributed by atoms with E-state index in [-0.39, 0.29) is 11.8 Å². The van der Waals surface area contributed by atoms with Gasteiger partial charge in [-0.3, -0.25) is 9.78 Å². The van der Waals surface area contributed by atoms with Gasteiger partial charge in [0.2, 0.25) is 0 Å². The summed E-state index contributed by atoms with van der Waals surface area (Å²) in [6, 6.07) is 23.6. The highest BCUT2D eigenvalue weighted by atomic mass is 16.4. The van der Waals surface area contributed by atoms with Gasteiger partial charge in [0.15, 0.2) is 0 Å². The summed E-state index contributed by atoms with van der Waals surface area (Å²) in [6.45, 7) is 0. The first kappa shape index (κ1) is 14.6. The van der Waals surface area contributed by atoms with Crippen LogP contribution in [0, 0.1) is 5.92 Å². The van der Waals surface area contributed by atoms with Crippen molar-refractivity contribution >= 4 is 5.97 Å². The van der Waals surface area contributed by atoms with Crippen molar-refractivity contribution in [1.29, 1.82) is 0 Å². The molecule has 1 aliphatic rings. The lowest BCUT2D eigenvalue weighted by Crippen LogP contribution is -2.24. The zero-order valence-electron chi connectivity index (χ0n) is 13.0. The molecule has 3 aromatic rings. The summed E-state index contributed by atoms with van der Waals surface area (Å²) in [4.78, 5) is 16.8. The normalized spacial score (nSPS) is 22.1. The second-order valence-corrected chi connectivity index (χ2v) is 6.12. The molecule has 0 fully saturated rings. The molecular weight excluding hydrogens is 298 g/mol. The molecule has 3 heteroatoms. The monoisotopic (exact) mass is 315 g/mol. The zero-order chi connectivity index (χ0) is 16.5. The van der Waals surface area contributed by atoms with Crippen LogP contribution in [-0.4, -0.2) is 16.1 Å². The first-order valence-electron chi connectivity index (χ1n) is 8.05. The molecule has 0 amide bonds. The van der Waals surface area contributed by atoms with Crippen LogP contribution in [0.4, 0.5) is 0 Å². The van der Waals surface area contributed by atoms with Crippen molar-refractivity contribution in [3.8, 4) is 0 Å². The molecule has 24 heavy (non-hydrogen) atoms. The maximum Gasteiger partial charge on any atom is 0.308 e. The average molecular weight is 315 g/mol. The quantitative estimate of drug-likeness (QED) is 0.793. The molecule has 0 bridgehead atoms. The lowest BCUT2D eigenvalue weighted by molar-refractivity contribution is -0.142. The summed E-state index contributed by atoms with van der Waals surface area (Å²) in [6.07, 6.45) is 1.75. The van der Waals surface area contributed by atoms with Gasteiger partial charge in [0.1, 0.15) is 0 Å². The van der Waals surface area contributed by atoms with Crippen LogP contribution in [0.1, 0.15) is 34.2 Å². The summed E-state index contributed by atoms with van der Waals surface area (Å²) in [5.74, 6) is -1.75. The van der Waals surface area contributed by atoms with Crippen LogP contribution in [-0.2, 0) is 4.79 Å². The first-order chi connectivity index (χ1) is 11.8. The van der Waals surface area contributed by atoms with E-state index in [1.54, 1.807) is 6.20 Å². The van der Waals surface area contributed by atoms with E-state index in [4.69, 9.17) is 0 Å². The number of carboxylic acid groups (broad SMARTS) is 1. The Morgan fingerprint density at radius 1 is 0.792 bits per heavy atom. The first-order valence-corrected chi connectivity index (χ1v) is 8.05. The minimum absolute atomic E-state index is 0.183. The highest BCUT2D eigenvalue weighted by Gasteiger charge is 2.47. The van der Waals surface area contributed by atoms with Crippen LogP contribution in [0.3, 0.4) is 0 Å². The third-order valence-electron chi connectivity index (χ3n) is 4.82. The highest BCUT2D eigenvalue weighted by molar-refractivity contribution is 5.77. The maximum atomic E-state index is 12.2. The molecule has 1 heterocycles. The van der Waals surface area contributed by atoms with Crippen LogP contribution in [0.2, 0.25) is 0 Å². The second-order valence-electron chi connectivity index (χ2n) is 6.12. The van der Waals surface area contributed by atoms with Gasteiger partial charge in [0.25, 0.3) is 0 Å². The fourth-order valence-corrected chi connectivity index (χ4v) is 3.87. The molecule has 3 nitrogen and oxygen atoms in total. The van der Waals surface area contributed by atoms with E-state index in [2.05, 4.69) is 4.98 Å². The molecule has 3 atom stereocenters. The maximum absolute atomic E-state index is 12.2. The minimum atomic E-state index is -0.782. The van der Waals surface area contributed by atoms with Gasteiger partial charge in [-0.2, -0.15) is 0 Å². The van der Waals surface area contributed by atoms with Crippen molar-refractivity contribution in [2.75, 3.05) is 0 Å². The van der Waals surface area contributed by atoms with Gasteiger partial charge in [-0.15, -0.1) is 0 Å². The van der Waals surface area contributed by atoms with E-state index in [9.17, 15) is 9.90 Å². The molecule has 0 radical (unpaired) electrons. The van der Waals surface area contributed by atoms with Gasteiger partial charge in [-0.1, -0.05) is 66.7 Å². The molecular formula is C21H17NO2. The lowest BCUT2D eigenvalue weighted by atomic mass is 9.80. The van der Waals surface area contributed by atoms with Gasteiger partial charge in [-0.05, 0) is 22.8 Å². The number of carbonyl (C=O) groups is 1. The number of rotatable bonds is 3. The largest absolute Gasteiger partial charge is 0.481 e. The number of carboxylic acids is 1. The molecule has 0 saturated heterocycles. The Labute approximate surface area is 140 Å². The average Bonchev–Trinajstić information content (AvgIpc) is 2.98. The van der Waals surface area contributed by atoms with Crippen LogP contribution >= 0.6 is 0 Å². The van der Waals surface area contributed by atoms with Crippen LogP contribution in [0.25, 0.3) is 0 Å². The smallest absolute Gasteiger partial charge is 0.308 e. The van der Waals surface area contributed by atoms with Crippen LogP contribution < -0.4 is 0 Å². The number of pyridine rings is 1. The van der Waals surface area contributed by atoms with Gasteiger partial charge < -0.3 is 5.11 Å². The van der Waals surface area contributed by atoms with E-state index in [1.807, 2.05) is 72.8 Å². The number of benzene rings is 2. The molecule has 118 valence electrons. The molecule has 2 aromatic carbocycles. The van der Waals surface area contributed by atoms with Crippen molar-refractivity contribution < 1.29 is 9.90 Å². The number of aliphatic carboxylic acids is 1. The summed E-state index contributed by atoms with van der Waals surface area (Å²) < 4.78 is 0. The van der Waals surface area contributed by atoms with E-state index < -0.39 is 11.9 Å². The lowest BCUT2D eigenvalue weighted by Gasteiger charge is -2.22. The molecule has 0 spiro atoms. The third-order valence-corrected chi connectivity index (χ3v) is 4.82. The molecule has 0 saturated carbocycles. The zero-order valence-corrected chi connectivity index (χ0v) is 13.0. The number of fused-ring (bicyclic) bond motifs is 1. The Morgan fingerprint density at radius 3 is 1.96 bits per heavy atom. The van der Waals surface area contributed by atoms with Gasteiger partial charge in [0.05, 0.1) is 11.6 Å². The highest BCUT2D eigenvalue weighted by Crippen LogP contribution is 2.51. The summed E-state index contributed by atoms with van der Waals surface area (Å²) in [5, 5.41) is 10.0. The fourth-order valence-electron chi connectivity index (χ4n) is 3.87. The van der Waals surface area contributed by atoms with Crippen LogP contribution in [0.5, 0.6) is 0 Å². The predicted octanol–water partition coefficient (Wildman–Crippen LogP) is 4.06. The Morgan fingerprint density at radius 2 is 1.38 bits per heavy atom. The van der Waals surface area contributed by atoms with Crippen molar-refractivity contribution in [1.82, 2.24) is 4.98 Å². The molecule has 0 aliphatic heterocycles. The summed E-state index contributed by atoms with van der Waals surface area (Å²) in [7, 11) is 0. The van der Waals surface area contributed by atoms with Crippen molar-refractivity contribution in [2.24, 2.45) is 5.92 Å². The van der Waals surface area contributed by atoms with E-state index in [0.717, 1.165) is 22.4 Å². The summed E-state index contributed by atoms with van der Waals surface area (Å²) >= 11 is 0. The second kappa shape index (κ2) is 5.93. The number of aromatic nitrogens is 1. The minimum Gasteiger partial charge on any atom is -0.481 e. The Bertz CT molecular complexity index is 795. The van der Waals surface area contributed by atoms with Crippen molar-refractivity contribution in [2.45, 2.75) is 11.8 Å². The number of hydrogen-bond acceptors (Lipinski definition) is 2. The molecule has 4 rings (SSSR count). The number of nitrogens with zero attached hydrogens (tertiary/aromatic N) is 1. The number of hydrogen-bond donors (Lipinski definition) is 1. The van der Waals surface area contributed by atoms with Crippen molar-refractivity contribution in [3.05, 3.63) is 101 Å². The van der Waals surface area contributed by atoms with Gasteiger partial charge in [0, 0.05) is 18.0 Å². The standard InChI is InChI=1S/C21H17NO2/c23-21(24)19-17(14-8-3-1-4-9-14)16-12-7-13-22-20(16)18(19)15-10-5-2-6-11-15/h1-13,17-19H,(H,23,24). The Kier molecular flexibility index (Phi) is 3.62. The van der Waals surface area contributed by atoms with Crippen LogP contribution in [0.15, 0.2) is 79.0 Å². The SMILES string of the molecule is O=C(O)C1C(c2ccccc2)c2cccnc2C1c1ccccc1. The van der Waals surface area contributed by atoms with E-state index >= 15 is 0 Å².